The van der Waals surface area contributed by atoms with E-state index >= 15 is 0 Å². The van der Waals surface area contributed by atoms with Crippen LogP contribution in [0.25, 0.3) is 0 Å². The Hall–Kier alpha value is -0.340. The Kier molecular flexibility index (Phi) is 5.34. The van der Waals surface area contributed by atoms with E-state index in [0.29, 0.717) is 5.88 Å². The van der Waals surface area contributed by atoms with Gasteiger partial charge in [-0.15, -0.1) is 11.6 Å². The van der Waals surface area contributed by atoms with Crippen LogP contribution >= 0.6 is 23.4 Å². The van der Waals surface area contributed by atoms with E-state index in [1.165, 1.54) is 16.8 Å². The molecule has 0 atom stereocenters. The highest BCUT2D eigenvalue weighted by Gasteiger charge is 2.06. The van der Waals surface area contributed by atoms with E-state index in [1.807, 2.05) is 11.8 Å². The number of rotatable bonds is 5. The molecule has 1 aromatic carbocycles. The molecule has 0 saturated carbocycles. The molecule has 0 aliphatic carbocycles. The van der Waals surface area contributed by atoms with E-state index in [2.05, 4.69) is 43.3 Å². The number of hydrogen-bond acceptors (Lipinski definition) is 2. The fourth-order valence-electron chi connectivity index (χ4n) is 1.54. The maximum atomic E-state index is 5.95. The molecule has 0 fully saturated rings. The molecule has 0 aliphatic heterocycles. The van der Waals surface area contributed by atoms with Gasteiger partial charge in [-0.1, -0.05) is 17.7 Å². The Morgan fingerprint density at radius 3 is 2.73 bits per heavy atom. The molecule has 0 bridgehead atoms. The average Bonchev–Trinajstić information content (AvgIpc) is 2.25. The van der Waals surface area contributed by atoms with Gasteiger partial charge in [0.1, 0.15) is 0 Å². The van der Waals surface area contributed by atoms with Crippen LogP contribution in [0.15, 0.2) is 18.2 Å². The Balaban J connectivity index is 2.82. The Labute approximate surface area is 102 Å². The monoisotopic (exact) mass is 243 g/mol. The van der Waals surface area contributed by atoms with Crippen molar-refractivity contribution < 1.29 is 0 Å². The Morgan fingerprint density at radius 1 is 1.40 bits per heavy atom. The van der Waals surface area contributed by atoms with E-state index in [4.69, 9.17) is 11.6 Å². The maximum absolute atomic E-state index is 5.95. The van der Waals surface area contributed by atoms with Gasteiger partial charge < -0.3 is 4.90 Å². The van der Waals surface area contributed by atoms with Gasteiger partial charge in [0, 0.05) is 30.9 Å². The zero-order valence-corrected chi connectivity index (χ0v) is 11.2. The number of halogens is 1. The number of hydrogen-bond donors (Lipinski definition) is 0. The zero-order chi connectivity index (χ0) is 11.3. The first kappa shape index (κ1) is 12.7. The number of thioether (sulfide) groups is 1. The van der Waals surface area contributed by atoms with E-state index in [1.54, 1.807) is 0 Å². The molecule has 0 aliphatic rings. The van der Waals surface area contributed by atoms with E-state index in [0.717, 1.165) is 12.3 Å². The van der Waals surface area contributed by atoms with Gasteiger partial charge in [-0.3, -0.25) is 0 Å². The second kappa shape index (κ2) is 6.29. The maximum Gasteiger partial charge on any atom is 0.0494 e. The molecule has 3 heteroatoms. The number of aryl methyl sites for hydroxylation is 1. The molecule has 0 unspecified atom stereocenters. The number of alkyl halides is 1. The minimum Gasteiger partial charge on any atom is -0.374 e. The fourth-order valence-corrected chi connectivity index (χ4v) is 2.21. The Bertz CT molecular complexity index is 314. The standard InChI is InChI=1S/C12H18ClNS/c1-10-4-5-12(11(8-10)9-13)14(2)6-7-15-3/h4-5,8H,6-7,9H2,1-3H3. The van der Waals surface area contributed by atoms with Crippen LogP contribution in [0.4, 0.5) is 5.69 Å². The van der Waals surface area contributed by atoms with Crippen LogP contribution in [0.2, 0.25) is 0 Å². The first-order chi connectivity index (χ1) is 7.19. The molecule has 0 heterocycles. The van der Waals surface area contributed by atoms with Crippen molar-refractivity contribution in [3.05, 3.63) is 29.3 Å². The molecule has 0 saturated heterocycles. The molecule has 15 heavy (non-hydrogen) atoms. The summed E-state index contributed by atoms with van der Waals surface area (Å²) in [4.78, 5) is 2.27. The molecule has 1 rings (SSSR count). The smallest absolute Gasteiger partial charge is 0.0494 e. The van der Waals surface area contributed by atoms with Gasteiger partial charge in [0.25, 0.3) is 0 Å². The van der Waals surface area contributed by atoms with Crippen LogP contribution in [-0.2, 0) is 5.88 Å². The van der Waals surface area contributed by atoms with Gasteiger partial charge in [-0.05, 0) is 24.8 Å². The lowest BCUT2D eigenvalue weighted by atomic mass is 10.1. The van der Waals surface area contributed by atoms with Crippen LogP contribution in [0.5, 0.6) is 0 Å². The summed E-state index contributed by atoms with van der Waals surface area (Å²) in [5, 5.41) is 0. The van der Waals surface area contributed by atoms with E-state index in [9.17, 15) is 0 Å². The van der Waals surface area contributed by atoms with Gasteiger partial charge in [0.2, 0.25) is 0 Å². The quantitative estimate of drug-likeness (QED) is 0.728. The van der Waals surface area contributed by atoms with Gasteiger partial charge >= 0.3 is 0 Å². The summed E-state index contributed by atoms with van der Waals surface area (Å²) in [5.74, 6) is 1.73. The highest BCUT2D eigenvalue weighted by atomic mass is 35.5. The second-order valence-corrected chi connectivity index (χ2v) is 4.93. The van der Waals surface area contributed by atoms with Crippen molar-refractivity contribution in [3.63, 3.8) is 0 Å². The molecule has 84 valence electrons. The van der Waals surface area contributed by atoms with Crippen molar-refractivity contribution in [2.75, 3.05) is 30.5 Å². The van der Waals surface area contributed by atoms with Crippen LogP contribution in [0, 0.1) is 6.92 Å². The van der Waals surface area contributed by atoms with E-state index < -0.39 is 0 Å². The lowest BCUT2D eigenvalue weighted by Gasteiger charge is -2.21. The zero-order valence-electron chi connectivity index (χ0n) is 9.59. The predicted octanol–water partition coefficient (Wildman–Crippen LogP) is 3.53. The fraction of sp³-hybridized carbons (Fsp3) is 0.500. The lowest BCUT2D eigenvalue weighted by Crippen LogP contribution is -2.21. The van der Waals surface area contributed by atoms with Crippen LogP contribution < -0.4 is 4.90 Å². The number of nitrogens with zero attached hydrogens (tertiary/aromatic N) is 1. The molecule has 1 aromatic rings. The first-order valence-electron chi connectivity index (χ1n) is 5.04. The van der Waals surface area contributed by atoms with Gasteiger partial charge in [0.15, 0.2) is 0 Å². The molecule has 0 N–H and O–H groups in total. The third kappa shape index (κ3) is 3.62. The first-order valence-corrected chi connectivity index (χ1v) is 6.97. The summed E-state index contributed by atoms with van der Waals surface area (Å²) >= 11 is 7.82. The predicted molar refractivity (Wildman–Crippen MR) is 72.4 cm³/mol. The van der Waals surface area contributed by atoms with Gasteiger partial charge in [-0.25, -0.2) is 0 Å². The molecular weight excluding hydrogens is 226 g/mol. The molecule has 0 aromatic heterocycles. The minimum absolute atomic E-state index is 0.584. The van der Waals surface area contributed by atoms with Crippen LogP contribution in [0.1, 0.15) is 11.1 Å². The SMILES string of the molecule is CSCCN(C)c1ccc(C)cc1CCl. The summed E-state index contributed by atoms with van der Waals surface area (Å²) in [6, 6.07) is 6.46. The van der Waals surface area contributed by atoms with Crippen molar-refractivity contribution in [2.24, 2.45) is 0 Å². The molecule has 0 radical (unpaired) electrons. The van der Waals surface area contributed by atoms with Crippen molar-refractivity contribution in [1.82, 2.24) is 0 Å². The summed E-state index contributed by atoms with van der Waals surface area (Å²) in [6.07, 6.45) is 2.13. The third-order valence-electron chi connectivity index (χ3n) is 2.42. The summed E-state index contributed by atoms with van der Waals surface area (Å²) < 4.78 is 0. The Morgan fingerprint density at radius 2 is 2.13 bits per heavy atom. The average molecular weight is 244 g/mol. The molecule has 1 nitrogen and oxygen atoms in total. The summed E-state index contributed by atoms with van der Waals surface area (Å²) in [5.41, 5.74) is 3.75. The topological polar surface area (TPSA) is 3.24 Å². The normalized spacial score (nSPS) is 10.4. The summed E-state index contributed by atoms with van der Waals surface area (Å²) in [6.45, 7) is 3.16. The van der Waals surface area contributed by atoms with Crippen molar-refractivity contribution >= 4 is 29.1 Å². The minimum atomic E-state index is 0.584. The highest BCUT2D eigenvalue weighted by Crippen LogP contribution is 2.22. The van der Waals surface area contributed by atoms with Gasteiger partial charge in [0.05, 0.1) is 0 Å². The highest BCUT2D eigenvalue weighted by molar-refractivity contribution is 7.98. The molecule has 0 amide bonds. The lowest BCUT2D eigenvalue weighted by molar-refractivity contribution is 0.968. The second-order valence-electron chi connectivity index (χ2n) is 3.68. The van der Waals surface area contributed by atoms with Gasteiger partial charge in [-0.2, -0.15) is 11.8 Å². The van der Waals surface area contributed by atoms with Crippen LogP contribution in [0.3, 0.4) is 0 Å². The molecular formula is C12H18ClNS. The largest absolute Gasteiger partial charge is 0.374 e. The number of anilines is 1. The van der Waals surface area contributed by atoms with Crippen LogP contribution in [-0.4, -0.2) is 25.6 Å². The van der Waals surface area contributed by atoms with Crippen molar-refractivity contribution in [3.8, 4) is 0 Å². The molecule has 0 spiro atoms. The van der Waals surface area contributed by atoms with Crippen molar-refractivity contribution in [2.45, 2.75) is 12.8 Å². The van der Waals surface area contributed by atoms with E-state index in [-0.39, 0.29) is 0 Å². The number of benzene rings is 1. The summed E-state index contributed by atoms with van der Waals surface area (Å²) in [7, 11) is 2.12. The third-order valence-corrected chi connectivity index (χ3v) is 3.30. The van der Waals surface area contributed by atoms with Crippen molar-refractivity contribution in [1.29, 1.82) is 0 Å².